The predicted molar refractivity (Wildman–Crippen MR) is 78.6 cm³/mol. The van der Waals surface area contributed by atoms with Crippen molar-refractivity contribution in [3.8, 4) is 0 Å². The standard InChI is InChI=1S/C14H22N4O2/c1-14(2,3)20-13(19)17-10-6-7-18(9-10)11-4-5-12(15)16-8-11/h4-5,8,10H,6-7,9H2,1-3H3,(H2,15,16)(H,17,19)/t10-/m1/s1. The number of anilines is 2. The van der Waals surface area contributed by atoms with Crippen LogP contribution in [0.15, 0.2) is 18.3 Å². The number of ether oxygens (including phenoxy) is 1. The van der Waals surface area contributed by atoms with Gasteiger partial charge in [0.2, 0.25) is 0 Å². The van der Waals surface area contributed by atoms with Crippen molar-refractivity contribution in [2.75, 3.05) is 23.7 Å². The minimum atomic E-state index is -0.469. The van der Waals surface area contributed by atoms with Crippen LogP contribution >= 0.6 is 0 Å². The number of rotatable bonds is 2. The van der Waals surface area contributed by atoms with Gasteiger partial charge >= 0.3 is 6.09 Å². The zero-order chi connectivity index (χ0) is 14.8. The Morgan fingerprint density at radius 3 is 2.85 bits per heavy atom. The van der Waals surface area contributed by atoms with Crippen LogP contribution < -0.4 is 16.0 Å². The quantitative estimate of drug-likeness (QED) is 0.861. The molecule has 1 aliphatic heterocycles. The molecular formula is C14H22N4O2. The van der Waals surface area contributed by atoms with Gasteiger partial charge in [-0.05, 0) is 39.3 Å². The van der Waals surface area contributed by atoms with Crippen molar-refractivity contribution in [3.63, 3.8) is 0 Å². The Balaban J connectivity index is 1.86. The van der Waals surface area contributed by atoms with Gasteiger partial charge in [-0.15, -0.1) is 0 Å². The first kappa shape index (κ1) is 14.4. The number of nitrogens with zero attached hydrogens (tertiary/aromatic N) is 2. The number of carbonyl (C=O) groups is 1. The largest absolute Gasteiger partial charge is 0.444 e. The van der Waals surface area contributed by atoms with E-state index in [1.165, 1.54) is 0 Å². The van der Waals surface area contributed by atoms with Gasteiger partial charge in [0, 0.05) is 13.1 Å². The number of hydrogen-bond acceptors (Lipinski definition) is 5. The number of nitrogens with one attached hydrogen (secondary N) is 1. The maximum Gasteiger partial charge on any atom is 0.407 e. The minimum Gasteiger partial charge on any atom is -0.444 e. The second-order valence-corrected chi connectivity index (χ2v) is 6.02. The second kappa shape index (κ2) is 5.56. The molecule has 0 unspecified atom stereocenters. The van der Waals surface area contributed by atoms with Gasteiger partial charge in [-0.2, -0.15) is 0 Å². The van der Waals surface area contributed by atoms with E-state index >= 15 is 0 Å². The minimum absolute atomic E-state index is 0.0994. The summed E-state index contributed by atoms with van der Waals surface area (Å²) in [4.78, 5) is 18.0. The molecule has 2 heterocycles. The van der Waals surface area contributed by atoms with E-state index in [4.69, 9.17) is 10.5 Å². The fraction of sp³-hybridized carbons (Fsp3) is 0.571. The molecule has 1 saturated heterocycles. The third-order valence-electron chi connectivity index (χ3n) is 3.05. The molecule has 0 aromatic carbocycles. The normalized spacial score (nSPS) is 18.9. The lowest BCUT2D eigenvalue weighted by Crippen LogP contribution is -2.40. The highest BCUT2D eigenvalue weighted by Gasteiger charge is 2.26. The summed E-state index contributed by atoms with van der Waals surface area (Å²) in [6.45, 7) is 7.20. The van der Waals surface area contributed by atoms with E-state index in [9.17, 15) is 4.79 Å². The van der Waals surface area contributed by atoms with Crippen LogP contribution in [0.25, 0.3) is 0 Å². The van der Waals surface area contributed by atoms with Crippen molar-refractivity contribution in [2.45, 2.75) is 38.8 Å². The molecular weight excluding hydrogens is 256 g/mol. The monoisotopic (exact) mass is 278 g/mol. The van der Waals surface area contributed by atoms with Gasteiger partial charge in [0.05, 0.1) is 17.9 Å². The Morgan fingerprint density at radius 1 is 1.50 bits per heavy atom. The average Bonchev–Trinajstić information content (AvgIpc) is 2.75. The molecule has 1 aliphatic rings. The molecule has 20 heavy (non-hydrogen) atoms. The van der Waals surface area contributed by atoms with E-state index in [2.05, 4.69) is 15.2 Å². The third-order valence-corrected chi connectivity index (χ3v) is 3.05. The molecule has 1 amide bonds. The number of carbonyl (C=O) groups excluding carboxylic acids is 1. The van der Waals surface area contributed by atoms with Gasteiger partial charge < -0.3 is 20.7 Å². The Hall–Kier alpha value is -1.98. The van der Waals surface area contributed by atoms with Gasteiger partial charge in [0.15, 0.2) is 0 Å². The molecule has 0 radical (unpaired) electrons. The Bertz CT molecular complexity index is 467. The lowest BCUT2D eigenvalue weighted by atomic mass is 10.2. The first-order valence-electron chi connectivity index (χ1n) is 6.79. The van der Waals surface area contributed by atoms with Crippen LogP contribution in [0.3, 0.4) is 0 Å². The van der Waals surface area contributed by atoms with E-state index in [-0.39, 0.29) is 12.1 Å². The van der Waals surface area contributed by atoms with E-state index < -0.39 is 5.60 Å². The smallest absolute Gasteiger partial charge is 0.407 e. The fourth-order valence-corrected chi connectivity index (χ4v) is 2.17. The molecule has 1 atom stereocenters. The lowest BCUT2D eigenvalue weighted by Gasteiger charge is -2.22. The van der Waals surface area contributed by atoms with E-state index in [1.807, 2.05) is 26.8 Å². The summed E-state index contributed by atoms with van der Waals surface area (Å²) >= 11 is 0. The zero-order valence-electron chi connectivity index (χ0n) is 12.2. The van der Waals surface area contributed by atoms with E-state index in [1.54, 1.807) is 12.3 Å². The number of pyridine rings is 1. The SMILES string of the molecule is CC(C)(C)OC(=O)N[C@@H]1CCN(c2ccc(N)nc2)C1. The number of nitrogens with two attached hydrogens (primary N) is 1. The molecule has 0 saturated carbocycles. The van der Waals surface area contributed by atoms with Gasteiger partial charge in [-0.25, -0.2) is 9.78 Å². The van der Waals surface area contributed by atoms with Crippen molar-refractivity contribution in [1.82, 2.24) is 10.3 Å². The lowest BCUT2D eigenvalue weighted by molar-refractivity contribution is 0.0509. The topological polar surface area (TPSA) is 80.5 Å². The highest BCUT2D eigenvalue weighted by molar-refractivity contribution is 5.68. The molecule has 0 aliphatic carbocycles. The fourth-order valence-electron chi connectivity index (χ4n) is 2.17. The number of aromatic nitrogens is 1. The van der Waals surface area contributed by atoms with Gasteiger partial charge in [0.1, 0.15) is 11.4 Å². The molecule has 2 rings (SSSR count). The van der Waals surface area contributed by atoms with Crippen LogP contribution in [0.2, 0.25) is 0 Å². The van der Waals surface area contributed by atoms with E-state index in [0.29, 0.717) is 5.82 Å². The summed E-state index contributed by atoms with van der Waals surface area (Å²) in [7, 11) is 0. The van der Waals surface area contributed by atoms with Crippen molar-refractivity contribution in [2.24, 2.45) is 0 Å². The first-order valence-corrected chi connectivity index (χ1v) is 6.79. The summed E-state index contributed by atoms with van der Waals surface area (Å²) in [5, 5.41) is 2.90. The zero-order valence-corrected chi connectivity index (χ0v) is 12.2. The molecule has 1 aromatic rings. The number of alkyl carbamates (subject to hydrolysis) is 1. The molecule has 6 heteroatoms. The highest BCUT2D eigenvalue weighted by atomic mass is 16.6. The van der Waals surface area contributed by atoms with Crippen LogP contribution in [0, 0.1) is 0 Å². The van der Waals surface area contributed by atoms with Gasteiger partial charge in [-0.1, -0.05) is 0 Å². The molecule has 3 N–H and O–H groups in total. The third kappa shape index (κ3) is 4.01. The predicted octanol–water partition coefficient (Wildman–Crippen LogP) is 1.77. The molecule has 6 nitrogen and oxygen atoms in total. The summed E-state index contributed by atoms with van der Waals surface area (Å²) in [5.41, 5.74) is 6.13. The molecule has 1 fully saturated rings. The summed E-state index contributed by atoms with van der Waals surface area (Å²) in [5.74, 6) is 0.511. The van der Waals surface area contributed by atoms with Gasteiger partial charge in [-0.3, -0.25) is 0 Å². The van der Waals surface area contributed by atoms with Crippen molar-refractivity contribution >= 4 is 17.6 Å². The van der Waals surface area contributed by atoms with Crippen LogP contribution in [0.4, 0.5) is 16.3 Å². The van der Waals surface area contributed by atoms with Crippen molar-refractivity contribution in [1.29, 1.82) is 0 Å². The van der Waals surface area contributed by atoms with Crippen LogP contribution in [-0.4, -0.2) is 35.8 Å². The molecule has 0 bridgehead atoms. The maximum absolute atomic E-state index is 11.7. The summed E-state index contributed by atoms with van der Waals surface area (Å²) in [6, 6.07) is 3.82. The van der Waals surface area contributed by atoms with Crippen molar-refractivity contribution in [3.05, 3.63) is 18.3 Å². The Kier molecular flexibility index (Phi) is 4.01. The first-order chi connectivity index (χ1) is 9.33. The second-order valence-electron chi connectivity index (χ2n) is 6.02. The molecule has 0 spiro atoms. The Labute approximate surface area is 119 Å². The van der Waals surface area contributed by atoms with Crippen LogP contribution in [0.5, 0.6) is 0 Å². The number of amides is 1. The maximum atomic E-state index is 11.7. The average molecular weight is 278 g/mol. The summed E-state index contributed by atoms with van der Waals surface area (Å²) < 4.78 is 5.26. The summed E-state index contributed by atoms with van der Waals surface area (Å²) in [6.07, 6.45) is 2.29. The van der Waals surface area contributed by atoms with Crippen LogP contribution in [-0.2, 0) is 4.74 Å². The van der Waals surface area contributed by atoms with Crippen LogP contribution in [0.1, 0.15) is 27.2 Å². The number of hydrogen-bond donors (Lipinski definition) is 2. The molecule has 1 aromatic heterocycles. The van der Waals surface area contributed by atoms with Crippen molar-refractivity contribution < 1.29 is 9.53 Å². The Morgan fingerprint density at radius 2 is 2.25 bits per heavy atom. The van der Waals surface area contributed by atoms with E-state index in [0.717, 1.165) is 25.2 Å². The number of nitrogen functional groups attached to an aromatic ring is 1. The van der Waals surface area contributed by atoms with Gasteiger partial charge in [0.25, 0.3) is 0 Å². The highest BCUT2D eigenvalue weighted by Crippen LogP contribution is 2.20. The molecule has 110 valence electrons.